The van der Waals surface area contributed by atoms with Crippen LogP contribution in [0.15, 0.2) is 62.5 Å². The van der Waals surface area contributed by atoms with Crippen LogP contribution in [0.5, 0.6) is 5.75 Å². The molecule has 0 saturated heterocycles. The Hall–Kier alpha value is -0.190. The maximum Gasteiger partial charge on any atom is 1.00 e. The summed E-state index contributed by atoms with van der Waals surface area (Å²) in [4.78, 5) is 0.0451. The minimum absolute atomic E-state index is 0. The molecular weight excluding hydrogens is 522 g/mol. The maximum absolute atomic E-state index is 11.7. The molecule has 0 heterocycles. The molecule has 3 aromatic carbocycles. The molecule has 3 rings (SSSR count). The fraction of sp³-hybridized carbons (Fsp3) is 0.200. The molecule has 3 aromatic rings. The molecule has 0 fully saturated rings. The van der Waals surface area contributed by atoms with E-state index in [1.54, 1.807) is 38.1 Å². The molecule has 0 unspecified atom stereocenters. The molecule has 178 valence electrons. The monoisotopic (exact) mass is 548 g/mol. The second-order valence-corrected chi connectivity index (χ2v) is 8.16. The zero-order chi connectivity index (χ0) is 21.2. The summed E-state index contributed by atoms with van der Waals surface area (Å²) in [6, 6.07) is 10.4. The molecule has 0 spiro atoms. The third-order valence-corrected chi connectivity index (χ3v) is 5.76. The number of rotatable bonds is 6. The van der Waals surface area contributed by atoms with Crippen LogP contribution in [-0.2, 0) is 19.5 Å². The molecular formula is C20H26N2Na2O7S3. The molecule has 0 aromatic heterocycles. The third kappa shape index (κ3) is 9.04. The topological polar surface area (TPSA) is 144 Å². The Morgan fingerprint density at radius 3 is 2.09 bits per heavy atom. The minimum Gasteiger partial charge on any atom is -0.744 e. The van der Waals surface area contributed by atoms with Gasteiger partial charge < -0.3 is 14.9 Å². The van der Waals surface area contributed by atoms with Crippen molar-refractivity contribution in [3.05, 3.63) is 53.6 Å². The first kappa shape index (κ1) is 38.3. The zero-order valence-electron chi connectivity index (χ0n) is 17.6. The van der Waals surface area contributed by atoms with Gasteiger partial charge in [-0.2, -0.15) is 22.9 Å². The number of aryl methyl sites for hydroxylation is 2. The first-order valence-electron chi connectivity index (χ1n) is 8.09. The van der Waals surface area contributed by atoms with E-state index >= 15 is 0 Å². The van der Waals surface area contributed by atoms with E-state index in [0.29, 0.717) is 22.6 Å². The Morgan fingerprint density at radius 2 is 1.53 bits per heavy atom. The van der Waals surface area contributed by atoms with Gasteiger partial charge in [-0.3, -0.25) is 5.04 Å². The van der Waals surface area contributed by atoms with Crippen LogP contribution in [-0.4, -0.2) is 18.1 Å². The number of aromatic hydroxyl groups is 1. The zero-order valence-corrected chi connectivity index (χ0v) is 24.3. The smallest absolute Gasteiger partial charge is 0.744 e. The molecule has 0 aliphatic carbocycles. The minimum atomic E-state index is -4.81. The van der Waals surface area contributed by atoms with Gasteiger partial charge in [0.05, 0.1) is 22.6 Å². The van der Waals surface area contributed by atoms with Gasteiger partial charge in [-0.25, -0.2) is 8.42 Å². The van der Waals surface area contributed by atoms with Gasteiger partial charge in [-0.15, -0.1) is 5.11 Å². The van der Waals surface area contributed by atoms with E-state index in [1.165, 1.54) is 12.1 Å². The van der Waals surface area contributed by atoms with Crippen molar-refractivity contribution in [3.63, 3.8) is 0 Å². The first-order chi connectivity index (χ1) is 13.7. The summed E-state index contributed by atoms with van der Waals surface area (Å²) in [7, 11) is -4.81. The molecule has 1 N–H and O–H groups in total. The summed E-state index contributed by atoms with van der Waals surface area (Å²) in [6.45, 7) is 3.57. The number of hydrogen-bond donors (Lipinski definition) is 1. The standard InChI is InChI=1S/C18H16N2O7S2.2CH4.2Na.H2S.H2/c1-10-7-11(2)16(28-27-26-22)8-14(10)19-20-15-9-17(29(23,24)25)12-5-3-4-6-13(12)18(15)21;;;;;;/h3-9,21-22H,1-2H3,(H,23,24,25);2*1H4;;;1H2;1H/q;;;2*+1;;/p-2. The fourth-order valence-electron chi connectivity index (χ4n) is 2.77. The SMILES string of the molecule is C.C.Cc1cc(C)c(SOO[O-])cc1N=Nc1cc(S(=O)(=O)[O-])c2ccccc2c1O.S.[HH].[Na+].[Na+]. The molecule has 9 nitrogen and oxygen atoms in total. The fourth-order valence-corrected chi connectivity index (χ4v) is 3.93. The van der Waals surface area contributed by atoms with Gasteiger partial charge in [0.15, 0.2) is 5.75 Å². The number of fused-ring (bicyclic) bond motifs is 1. The van der Waals surface area contributed by atoms with Crippen LogP contribution in [0.4, 0.5) is 11.4 Å². The number of nitrogens with zero attached hydrogens (tertiary/aromatic N) is 2. The van der Waals surface area contributed by atoms with Crippen LogP contribution >= 0.6 is 25.5 Å². The third-order valence-electron chi connectivity index (χ3n) is 4.14. The van der Waals surface area contributed by atoms with Crippen LogP contribution in [0.3, 0.4) is 0 Å². The van der Waals surface area contributed by atoms with Gasteiger partial charge in [-0.1, -0.05) is 45.2 Å². The summed E-state index contributed by atoms with van der Waals surface area (Å²) in [5, 5.41) is 32.1. The molecule has 34 heavy (non-hydrogen) atoms. The molecule has 14 heteroatoms. The predicted octanol–water partition coefficient (Wildman–Crippen LogP) is -0.649. The number of phenols is 1. The quantitative estimate of drug-likeness (QED) is 0.107. The molecule has 0 bridgehead atoms. The summed E-state index contributed by atoms with van der Waals surface area (Å²) in [5.74, 6) is -0.306. The van der Waals surface area contributed by atoms with Crippen LogP contribution in [0.2, 0.25) is 0 Å². The van der Waals surface area contributed by atoms with Gasteiger partial charge in [-0.05, 0) is 37.1 Å². The van der Waals surface area contributed by atoms with E-state index in [2.05, 4.69) is 19.6 Å². The van der Waals surface area contributed by atoms with Crippen molar-refractivity contribution in [1.82, 2.24) is 0 Å². The van der Waals surface area contributed by atoms with E-state index in [9.17, 15) is 23.3 Å². The van der Waals surface area contributed by atoms with E-state index in [0.717, 1.165) is 17.2 Å². The van der Waals surface area contributed by atoms with Crippen molar-refractivity contribution >= 4 is 57.8 Å². The van der Waals surface area contributed by atoms with Crippen molar-refractivity contribution in [2.75, 3.05) is 0 Å². The van der Waals surface area contributed by atoms with Crippen LogP contribution < -0.4 is 64.4 Å². The number of azo groups is 1. The number of benzene rings is 3. The largest absolute Gasteiger partial charge is 1.00 e. The molecule has 0 amide bonds. The van der Waals surface area contributed by atoms with E-state index in [-0.39, 0.29) is 111 Å². The molecule has 0 radical (unpaired) electrons. The summed E-state index contributed by atoms with van der Waals surface area (Å²) in [5.41, 5.74) is 1.74. The van der Waals surface area contributed by atoms with Crippen molar-refractivity contribution < 1.29 is 93.2 Å². The van der Waals surface area contributed by atoms with Crippen LogP contribution in [0.25, 0.3) is 10.8 Å². The normalized spacial score (nSPS) is 10.4. The molecule has 0 atom stereocenters. The number of hydrogen-bond acceptors (Lipinski definition) is 10. The second-order valence-electron chi connectivity index (χ2n) is 6.07. The molecule has 0 aliphatic heterocycles. The number of phenolic OH excluding ortho intramolecular Hbond substituents is 1. The first-order valence-corrected chi connectivity index (χ1v) is 10.2. The van der Waals surface area contributed by atoms with Crippen molar-refractivity contribution in [1.29, 1.82) is 0 Å². The Morgan fingerprint density at radius 1 is 0.971 bits per heavy atom. The van der Waals surface area contributed by atoms with Crippen LogP contribution in [0, 0.1) is 13.8 Å². The van der Waals surface area contributed by atoms with Gasteiger partial charge in [0.2, 0.25) is 0 Å². The molecule has 0 aliphatic rings. The summed E-state index contributed by atoms with van der Waals surface area (Å²) < 4.78 is 39.3. The van der Waals surface area contributed by atoms with Crippen molar-refractivity contribution in [3.8, 4) is 5.75 Å². The van der Waals surface area contributed by atoms with Gasteiger partial charge >= 0.3 is 59.1 Å². The summed E-state index contributed by atoms with van der Waals surface area (Å²) >= 11 is 0.696. The van der Waals surface area contributed by atoms with Gasteiger partial charge in [0.1, 0.15) is 15.8 Å². The van der Waals surface area contributed by atoms with Crippen molar-refractivity contribution in [2.45, 2.75) is 38.5 Å². The predicted molar refractivity (Wildman–Crippen MR) is 128 cm³/mol. The Kier molecular flexibility index (Phi) is 18.6. The van der Waals surface area contributed by atoms with E-state index in [4.69, 9.17) is 0 Å². The Labute approximate surface area is 256 Å². The average molecular weight is 549 g/mol. The Bertz CT molecular complexity index is 1230. The van der Waals surface area contributed by atoms with Gasteiger partial charge in [0.25, 0.3) is 0 Å². The summed E-state index contributed by atoms with van der Waals surface area (Å²) in [6.07, 6.45) is 0. The van der Waals surface area contributed by atoms with E-state index in [1.807, 2.05) is 0 Å². The second kappa shape index (κ2) is 16.5. The average Bonchev–Trinajstić information content (AvgIpc) is 2.67. The van der Waals surface area contributed by atoms with Gasteiger partial charge in [0, 0.05) is 17.1 Å². The molecule has 0 saturated carbocycles. The maximum atomic E-state index is 11.7. The van der Waals surface area contributed by atoms with E-state index < -0.39 is 15.0 Å². The Balaban J connectivity index is -0.000000801. The van der Waals surface area contributed by atoms with Crippen molar-refractivity contribution in [2.24, 2.45) is 10.2 Å². The van der Waals surface area contributed by atoms with Crippen LogP contribution in [0.1, 0.15) is 27.4 Å².